The van der Waals surface area contributed by atoms with Crippen molar-refractivity contribution in [1.29, 1.82) is 0 Å². The molecule has 1 spiro atoms. The van der Waals surface area contributed by atoms with Crippen LogP contribution >= 0.6 is 0 Å². The molecule has 28 heavy (non-hydrogen) atoms. The molecular weight excluding hydrogens is 356 g/mol. The molecule has 1 unspecified atom stereocenters. The summed E-state index contributed by atoms with van der Waals surface area (Å²) in [7, 11) is 3.59. The summed E-state index contributed by atoms with van der Waals surface area (Å²) in [6.07, 6.45) is 2.59. The summed E-state index contributed by atoms with van der Waals surface area (Å²) >= 11 is 0. The highest BCUT2D eigenvalue weighted by molar-refractivity contribution is 5.85. The van der Waals surface area contributed by atoms with E-state index in [2.05, 4.69) is 24.5 Å². The zero-order chi connectivity index (χ0) is 19.9. The summed E-state index contributed by atoms with van der Waals surface area (Å²) in [6.45, 7) is 3.26. The molecule has 6 atom stereocenters. The number of para-hydroxylation sites is 1. The van der Waals surface area contributed by atoms with E-state index in [1.54, 1.807) is 0 Å². The number of aliphatic hydroxyl groups excluding tert-OH is 2. The summed E-state index contributed by atoms with van der Waals surface area (Å²) in [5.74, 6) is -0.629. The molecule has 6 rings (SSSR count). The Balaban J connectivity index is 1.96. The number of carbonyl (C=O) groups excluding carboxylic acids is 1. The summed E-state index contributed by atoms with van der Waals surface area (Å²) in [5, 5.41) is 26.2. The third-order valence-corrected chi connectivity index (χ3v) is 8.64. The maximum Gasteiger partial charge on any atom is 0.316 e. The summed E-state index contributed by atoms with van der Waals surface area (Å²) < 4.78 is 5.98. The number of benzene rings is 1. The van der Waals surface area contributed by atoms with Crippen molar-refractivity contribution in [3.05, 3.63) is 41.5 Å². The number of nitrogens with zero attached hydrogens (tertiary/aromatic N) is 1. The van der Waals surface area contributed by atoms with E-state index in [1.807, 2.05) is 25.1 Å². The van der Waals surface area contributed by atoms with Crippen molar-refractivity contribution >= 4 is 11.7 Å². The molecule has 4 fully saturated rings. The number of allylic oxidation sites excluding steroid dienone is 1. The minimum Gasteiger partial charge on any atom is -0.468 e. The molecule has 0 aromatic heterocycles. The Hall–Kier alpha value is -1.89. The smallest absolute Gasteiger partial charge is 0.316 e. The number of ether oxygens (including phenoxy) is 1. The highest BCUT2D eigenvalue weighted by Crippen LogP contribution is 2.74. The number of aliphatic hydroxyl groups is 2. The van der Waals surface area contributed by atoms with E-state index in [4.69, 9.17) is 4.74 Å². The average molecular weight is 385 g/mol. The molecule has 1 aromatic rings. The Kier molecular flexibility index (Phi) is 3.49. The van der Waals surface area contributed by atoms with Crippen molar-refractivity contribution < 1.29 is 24.2 Å². The largest absolute Gasteiger partial charge is 0.468 e. The van der Waals surface area contributed by atoms with Gasteiger partial charge in [-0.15, -0.1) is 0 Å². The van der Waals surface area contributed by atoms with Crippen molar-refractivity contribution in [1.82, 2.24) is 0 Å². The van der Waals surface area contributed by atoms with Gasteiger partial charge in [-0.3, -0.25) is 9.28 Å². The van der Waals surface area contributed by atoms with Crippen LogP contribution in [0.2, 0.25) is 0 Å². The van der Waals surface area contributed by atoms with Crippen LogP contribution in [0.3, 0.4) is 0 Å². The van der Waals surface area contributed by atoms with Gasteiger partial charge in [0.2, 0.25) is 5.66 Å². The fraction of sp³-hybridized carbons (Fsp3) is 0.591. The van der Waals surface area contributed by atoms with Crippen LogP contribution in [0.4, 0.5) is 5.69 Å². The molecular formula is C22H29N2O4+. The zero-order valence-corrected chi connectivity index (χ0v) is 16.7. The van der Waals surface area contributed by atoms with Gasteiger partial charge in [0.1, 0.15) is 18.1 Å². The molecule has 1 saturated carbocycles. The van der Waals surface area contributed by atoms with Crippen molar-refractivity contribution in [2.24, 2.45) is 11.3 Å². The third-order valence-electron chi connectivity index (χ3n) is 8.64. The van der Waals surface area contributed by atoms with Crippen LogP contribution in [0.15, 0.2) is 35.9 Å². The number of methoxy groups -OCH3 is 1. The number of esters is 1. The molecule has 3 N–H and O–H groups in total. The molecule has 0 amide bonds. The minimum absolute atomic E-state index is 0.258. The quantitative estimate of drug-likeness (QED) is 0.407. The number of fused-ring (bicyclic) bond motifs is 3. The van der Waals surface area contributed by atoms with Crippen LogP contribution in [0.1, 0.15) is 25.3 Å². The molecule has 1 aliphatic carbocycles. The van der Waals surface area contributed by atoms with Gasteiger partial charge in [0, 0.05) is 18.0 Å². The first-order valence-corrected chi connectivity index (χ1v) is 10.1. The van der Waals surface area contributed by atoms with Crippen LogP contribution in [-0.2, 0) is 14.9 Å². The van der Waals surface area contributed by atoms with Crippen LogP contribution in [0.5, 0.6) is 0 Å². The van der Waals surface area contributed by atoms with Gasteiger partial charge in [0.15, 0.2) is 0 Å². The Morgan fingerprint density at radius 2 is 2.18 bits per heavy atom. The van der Waals surface area contributed by atoms with E-state index in [1.165, 1.54) is 7.11 Å². The molecule has 4 aliphatic heterocycles. The predicted molar refractivity (Wildman–Crippen MR) is 104 cm³/mol. The van der Waals surface area contributed by atoms with Gasteiger partial charge in [-0.1, -0.05) is 24.3 Å². The van der Waals surface area contributed by atoms with Crippen molar-refractivity contribution in [3.8, 4) is 0 Å². The van der Waals surface area contributed by atoms with Gasteiger partial charge in [-0.25, -0.2) is 0 Å². The zero-order valence-electron chi connectivity index (χ0n) is 16.7. The first kappa shape index (κ1) is 18.2. The van der Waals surface area contributed by atoms with Crippen LogP contribution in [0.25, 0.3) is 0 Å². The lowest BCUT2D eigenvalue weighted by molar-refractivity contribution is -0.944. The number of rotatable bonds is 2. The van der Waals surface area contributed by atoms with E-state index < -0.39 is 22.6 Å². The van der Waals surface area contributed by atoms with Crippen LogP contribution in [-0.4, -0.2) is 66.3 Å². The fourth-order valence-electron chi connectivity index (χ4n) is 7.70. The van der Waals surface area contributed by atoms with Crippen molar-refractivity contribution in [2.75, 3.05) is 39.2 Å². The summed E-state index contributed by atoms with van der Waals surface area (Å²) in [6, 6.07) is 8.04. The molecule has 150 valence electrons. The number of likely N-dealkylation sites (N-methyl/N-ethyl adjacent to an activating group) is 1. The predicted octanol–water partition coefficient (Wildman–Crippen LogP) is 1.39. The van der Waals surface area contributed by atoms with Crippen LogP contribution < -0.4 is 5.32 Å². The monoisotopic (exact) mass is 385 g/mol. The highest BCUT2D eigenvalue weighted by Gasteiger charge is 2.88. The van der Waals surface area contributed by atoms with Gasteiger partial charge in [-0.2, -0.15) is 0 Å². The van der Waals surface area contributed by atoms with Crippen molar-refractivity contribution in [3.63, 3.8) is 0 Å². The Bertz CT molecular complexity index is 900. The lowest BCUT2D eigenvalue weighted by Gasteiger charge is -2.58. The van der Waals surface area contributed by atoms with E-state index in [0.717, 1.165) is 29.9 Å². The lowest BCUT2D eigenvalue weighted by Crippen LogP contribution is -2.78. The number of hydrogen-bond acceptors (Lipinski definition) is 5. The van der Waals surface area contributed by atoms with Gasteiger partial charge >= 0.3 is 5.97 Å². The van der Waals surface area contributed by atoms with E-state index in [9.17, 15) is 15.0 Å². The Morgan fingerprint density at radius 1 is 1.43 bits per heavy atom. The average Bonchev–Trinajstić information content (AvgIpc) is 3.12. The summed E-state index contributed by atoms with van der Waals surface area (Å²) in [4.78, 5) is 13.5. The topological polar surface area (TPSA) is 78.8 Å². The summed E-state index contributed by atoms with van der Waals surface area (Å²) in [5.41, 5.74) is 0.476. The fourth-order valence-corrected chi connectivity index (χ4v) is 7.70. The van der Waals surface area contributed by atoms with Crippen molar-refractivity contribution in [2.45, 2.75) is 36.9 Å². The number of nitrogens with one attached hydrogen (secondary N) is 1. The molecule has 6 nitrogen and oxygen atoms in total. The normalized spacial score (nSPS) is 46.7. The third kappa shape index (κ3) is 1.52. The maximum atomic E-state index is 13.5. The minimum atomic E-state index is -1.13. The van der Waals surface area contributed by atoms with E-state index in [-0.39, 0.29) is 18.5 Å². The molecule has 4 bridgehead atoms. The molecule has 4 heterocycles. The molecule has 1 aromatic carbocycles. The van der Waals surface area contributed by atoms with Crippen LogP contribution in [0, 0.1) is 11.3 Å². The molecule has 0 radical (unpaired) electrons. The first-order chi connectivity index (χ1) is 13.4. The number of anilines is 1. The van der Waals surface area contributed by atoms with Gasteiger partial charge in [0.25, 0.3) is 0 Å². The first-order valence-electron chi connectivity index (χ1n) is 10.1. The Morgan fingerprint density at radius 3 is 2.86 bits per heavy atom. The second kappa shape index (κ2) is 5.38. The standard InChI is InChI=1S/C22H29N2O4/c1-4-14-12-24(2)10-9-21-15-7-5-6-8-17(15)23-22(21,24)18(26)11-16(14)20(21,13-25)19(27)28-3/h4-8,16,18,23,25-26H,9-13H2,1-3H3/q+1/b14-4+/t16-,18-,20?,21-,22-,24+/m0/s1. The molecule has 3 saturated heterocycles. The number of quaternary nitrogens is 1. The molecule has 5 aliphatic rings. The second-order valence-electron chi connectivity index (χ2n) is 9.16. The SMILES string of the molecule is C/C=C1\C[N@@+]2(C)CC[C@@]34c5ccccc5N[C@]32[C@@H](O)C[C@@H]1C4(CO)C(=O)OC. The lowest BCUT2D eigenvalue weighted by atomic mass is 9.45. The maximum absolute atomic E-state index is 13.5. The van der Waals surface area contributed by atoms with E-state index >= 15 is 0 Å². The van der Waals surface area contributed by atoms with Gasteiger partial charge in [-0.05, 0) is 30.5 Å². The van der Waals surface area contributed by atoms with Gasteiger partial charge < -0.3 is 20.3 Å². The molecule has 6 heteroatoms. The number of carbonyl (C=O) groups is 1. The Labute approximate surface area is 165 Å². The highest BCUT2D eigenvalue weighted by atomic mass is 16.5. The van der Waals surface area contributed by atoms with Gasteiger partial charge in [0.05, 0.1) is 32.7 Å². The second-order valence-corrected chi connectivity index (χ2v) is 9.16. The number of hydrogen-bond donors (Lipinski definition) is 3. The van der Waals surface area contributed by atoms with E-state index in [0.29, 0.717) is 17.3 Å².